The van der Waals surface area contributed by atoms with Crippen molar-refractivity contribution < 1.29 is 4.79 Å². The molecule has 1 heterocycles. The molecule has 2 aromatic carbocycles. The van der Waals surface area contributed by atoms with Gasteiger partial charge in [0.25, 0.3) is 5.91 Å². The maximum absolute atomic E-state index is 12.7. The van der Waals surface area contributed by atoms with Gasteiger partial charge in [0.2, 0.25) is 0 Å². The number of hydrogen-bond donors (Lipinski definition) is 0. The molecule has 0 spiro atoms. The molecule has 0 fully saturated rings. The molecule has 0 saturated carbocycles. The highest BCUT2D eigenvalue weighted by Gasteiger charge is 2.14. The molecule has 0 saturated heterocycles. The van der Waals surface area contributed by atoms with Crippen LogP contribution in [0.15, 0.2) is 91.1 Å². The van der Waals surface area contributed by atoms with E-state index in [-0.39, 0.29) is 5.91 Å². The van der Waals surface area contributed by atoms with Crippen molar-refractivity contribution in [3.05, 3.63) is 102 Å². The van der Waals surface area contributed by atoms with Gasteiger partial charge in [-0.15, -0.1) is 0 Å². The Morgan fingerprint density at radius 3 is 2.21 bits per heavy atom. The number of hydrogen-bond acceptors (Lipinski definition) is 2. The number of pyridine rings is 1. The predicted octanol–water partition coefficient (Wildman–Crippen LogP) is 4.33. The second-order valence-electron chi connectivity index (χ2n) is 5.34. The van der Waals surface area contributed by atoms with Gasteiger partial charge < -0.3 is 0 Å². The van der Waals surface area contributed by atoms with Crippen LogP contribution in [0.3, 0.4) is 0 Å². The molecule has 118 valence electrons. The lowest BCUT2D eigenvalue weighted by molar-refractivity contribution is -0.114. The van der Waals surface area contributed by atoms with Crippen LogP contribution in [0.5, 0.6) is 0 Å². The van der Waals surface area contributed by atoms with E-state index in [9.17, 15) is 4.79 Å². The molecular weight excluding hydrogens is 296 g/mol. The molecule has 0 radical (unpaired) electrons. The quantitative estimate of drug-likeness (QED) is 0.657. The highest BCUT2D eigenvalue weighted by molar-refractivity contribution is 6.03. The fraction of sp³-hybridized carbons (Fsp3) is 0.0476. The van der Waals surface area contributed by atoms with Gasteiger partial charge in [0.1, 0.15) is 5.82 Å². The molecular formula is C21H18N2O. The number of anilines is 1. The first kappa shape index (κ1) is 15.7. The Morgan fingerprint density at radius 1 is 0.875 bits per heavy atom. The number of nitrogens with zero attached hydrogens (tertiary/aromatic N) is 2. The second kappa shape index (κ2) is 7.88. The molecule has 3 nitrogen and oxygen atoms in total. The minimum atomic E-state index is -0.0959. The van der Waals surface area contributed by atoms with Crippen molar-refractivity contribution in [3.63, 3.8) is 0 Å². The van der Waals surface area contributed by atoms with Crippen molar-refractivity contribution in [2.45, 2.75) is 6.54 Å². The first-order chi connectivity index (χ1) is 11.8. The third kappa shape index (κ3) is 4.17. The maximum atomic E-state index is 12.7. The zero-order valence-electron chi connectivity index (χ0n) is 13.2. The van der Waals surface area contributed by atoms with Crippen LogP contribution < -0.4 is 4.90 Å². The summed E-state index contributed by atoms with van der Waals surface area (Å²) in [6, 6.07) is 25.3. The highest BCUT2D eigenvalue weighted by Crippen LogP contribution is 2.15. The summed E-state index contributed by atoms with van der Waals surface area (Å²) < 4.78 is 0. The Hall–Kier alpha value is -3.20. The molecule has 3 rings (SSSR count). The normalized spacial score (nSPS) is 10.7. The Morgan fingerprint density at radius 2 is 1.54 bits per heavy atom. The SMILES string of the molecule is O=C(/C=C/c1ccccc1)N(Cc1ccccc1)c1ccccn1. The summed E-state index contributed by atoms with van der Waals surface area (Å²) in [6.45, 7) is 0.482. The van der Waals surface area contributed by atoms with Crippen LogP contribution in [0.2, 0.25) is 0 Å². The average Bonchev–Trinajstić information content (AvgIpc) is 2.66. The molecule has 0 aliphatic heterocycles. The zero-order chi connectivity index (χ0) is 16.6. The van der Waals surface area contributed by atoms with Crippen LogP contribution in [-0.4, -0.2) is 10.9 Å². The summed E-state index contributed by atoms with van der Waals surface area (Å²) in [6.07, 6.45) is 5.11. The smallest absolute Gasteiger partial charge is 0.252 e. The van der Waals surface area contributed by atoms with Gasteiger partial charge in [-0.25, -0.2) is 4.98 Å². The Balaban J connectivity index is 1.84. The molecule has 24 heavy (non-hydrogen) atoms. The van der Waals surface area contributed by atoms with Gasteiger partial charge in [0.15, 0.2) is 0 Å². The van der Waals surface area contributed by atoms with E-state index in [0.717, 1.165) is 11.1 Å². The van der Waals surface area contributed by atoms with E-state index in [4.69, 9.17) is 0 Å². The van der Waals surface area contributed by atoms with Gasteiger partial charge in [-0.05, 0) is 29.3 Å². The molecule has 0 aliphatic rings. The standard InChI is InChI=1S/C21H18N2O/c24-21(15-14-18-9-3-1-4-10-18)23(20-13-7-8-16-22-20)17-19-11-5-2-6-12-19/h1-16H,17H2/b15-14+. The minimum absolute atomic E-state index is 0.0959. The van der Waals surface area contributed by atoms with Gasteiger partial charge in [-0.3, -0.25) is 9.69 Å². The summed E-state index contributed by atoms with van der Waals surface area (Å²) in [4.78, 5) is 18.7. The molecule has 1 amide bonds. The van der Waals surface area contributed by atoms with Crippen molar-refractivity contribution in [2.24, 2.45) is 0 Å². The van der Waals surface area contributed by atoms with E-state index >= 15 is 0 Å². The molecule has 0 bridgehead atoms. The number of carbonyl (C=O) groups is 1. The fourth-order valence-corrected chi connectivity index (χ4v) is 2.37. The summed E-state index contributed by atoms with van der Waals surface area (Å²) in [7, 11) is 0. The van der Waals surface area contributed by atoms with Crippen LogP contribution in [-0.2, 0) is 11.3 Å². The first-order valence-electron chi connectivity index (χ1n) is 7.82. The zero-order valence-corrected chi connectivity index (χ0v) is 13.2. The third-order valence-electron chi connectivity index (χ3n) is 3.59. The molecule has 3 aromatic rings. The van der Waals surface area contributed by atoms with E-state index in [2.05, 4.69) is 4.98 Å². The van der Waals surface area contributed by atoms with E-state index in [1.807, 2.05) is 84.9 Å². The summed E-state index contributed by atoms with van der Waals surface area (Å²) in [5.74, 6) is 0.547. The van der Waals surface area contributed by atoms with Crippen molar-refractivity contribution >= 4 is 17.8 Å². The number of carbonyl (C=O) groups excluding carboxylic acids is 1. The van der Waals surface area contributed by atoms with Crippen molar-refractivity contribution in [3.8, 4) is 0 Å². The molecule has 3 heteroatoms. The summed E-state index contributed by atoms with van der Waals surface area (Å²) in [5, 5.41) is 0. The second-order valence-corrected chi connectivity index (χ2v) is 5.34. The lowest BCUT2D eigenvalue weighted by atomic mass is 10.2. The van der Waals surface area contributed by atoms with Crippen LogP contribution in [0.1, 0.15) is 11.1 Å². The van der Waals surface area contributed by atoms with Crippen molar-refractivity contribution in [1.82, 2.24) is 4.98 Å². The lowest BCUT2D eigenvalue weighted by Gasteiger charge is -2.20. The van der Waals surface area contributed by atoms with E-state index in [1.165, 1.54) is 0 Å². The lowest BCUT2D eigenvalue weighted by Crippen LogP contribution is -2.29. The van der Waals surface area contributed by atoms with Gasteiger partial charge in [-0.1, -0.05) is 66.7 Å². The summed E-state index contributed by atoms with van der Waals surface area (Å²) in [5.41, 5.74) is 2.05. The fourth-order valence-electron chi connectivity index (χ4n) is 2.37. The molecule has 0 N–H and O–H groups in total. The molecule has 0 aliphatic carbocycles. The van der Waals surface area contributed by atoms with Gasteiger partial charge >= 0.3 is 0 Å². The van der Waals surface area contributed by atoms with Gasteiger partial charge in [-0.2, -0.15) is 0 Å². The molecule has 0 unspecified atom stereocenters. The van der Waals surface area contributed by atoms with Crippen LogP contribution >= 0.6 is 0 Å². The highest BCUT2D eigenvalue weighted by atomic mass is 16.2. The van der Waals surface area contributed by atoms with E-state index in [0.29, 0.717) is 12.4 Å². The third-order valence-corrected chi connectivity index (χ3v) is 3.59. The van der Waals surface area contributed by atoms with Crippen molar-refractivity contribution in [2.75, 3.05) is 4.90 Å². The Bertz CT molecular complexity index is 799. The first-order valence-corrected chi connectivity index (χ1v) is 7.82. The predicted molar refractivity (Wildman–Crippen MR) is 97.3 cm³/mol. The topological polar surface area (TPSA) is 33.2 Å². The van der Waals surface area contributed by atoms with Gasteiger partial charge in [0, 0.05) is 12.3 Å². The number of benzene rings is 2. The van der Waals surface area contributed by atoms with Crippen molar-refractivity contribution in [1.29, 1.82) is 0 Å². The van der Waals surface area contributed by atoms with Crippen LogP contribution in [0.4, 0.5) is 5.82 Å². The largest absolute Gasteiger partial charge is 0.289 e. The number of amides is 1. The Labute approximate surface area is 141 Å². The average molecular weight is 314 g/mol. The number of rotatable bonds is 5. The van der Waals surface area contributed by atoms with Gasteiger partial charge in [0.05, 0.1) is 6.54 Å². The Kier molecular flexibility index (Phi) is 5.15. The molecule has 0 atom stereocenters. The molecule has 1 aromatic heterocycles. The minimum Gasteiger partial charge on any atom is -0.289 e. The maximum Gasteiger partial charge on any atom is 0.252 e. The monoisotopic (exact) mass is 314 g/mol. The van der Waals surface area contributed by atoms with Crippen LogP contribution in [0.25, 0.3) is 6.08 Å². The van der Waals surface area contributed by atoms with E-state index < -0.39 is 0 Å². The number of aromatic nitrogens is 1. The van der Waals surface area contributed by atoms with E-state index in [1.54, 1.807) is 17.2 Å². The van der Waals surface area contributed by atoms with Crippen LogP contribution in [0, 0.1) is 0 Å². The summed E-state index contributed by atoms with van der Waals surface area (Å²) >= 11 is 0.